The number of hydrogen-bond acceptors (Lipinski definition) is 2. The molecule has 2 rings (SSSR count). The monoisotopic (exact) mass is 332 g/mol. The Bertz CT molecular complexity index is 605. The number of rotatable bonds is 2. The zero-order valence-corrected chi connectivity index (χ0v) is 11.3. The first-order chi connectivity index (χ1) is 8.47. The third-order valence-electron chi connectivity index (χ3n) is 2.29. The lowest BCUT2D eigenvalue weighted by molar-refractivity contribution is 0.622. The molecule has 2 aromatic rings. The van der Waals surface area contributed by atoms with E-state index >= 15 is 0 Å². The molecule has 2 nitrogen and oxygen atoms in total. The molecule has 0 amide bonds. The van der Waals surface area contributed by atoms with Crippen molar-refractivity contribution in [2.45, 2.75) is 0 Å². The number of hydrogen-bond donors (Lipinski definition) is 2. The molecule has 0 aliphatic carbocycles. The van der Waals surface area contributed by atoms with Crippen molar-refractivity contribution < 1.29 is 8.78 Å². The highest BCUT2D eigenvalue weighted by Crippen LogP contribution is 2.32. The normalized spacial score (nSPS) is 10.4. The number of benzene rings is 2. The highest BCUT2D eigenvalue weighted by Gasteiger charge is 2.08. The van der Waals surface area contributed by atoms with Crippen LogP contribution in [0.4, 0.5) is 25.8 Å². The second-order valence-corrected chi connectivity index (χ2v) is 4.86. The molecule has 0 aliphatic heterocycles. The molecule has 0 radical (unpaired) electrons. The number of nitrogens with one attached hydrogen (secondary N) is 1. The van der Waals surface area contributed by atoms with E-state index in [0.717, 1.165) is 0 Å². The lowest BCUT2D eigenvalue weighted by Crippen LogP contribution is -1.98. The average Bonchev–Trinajstić information content (AvgIpc) is 2.30. The van der Waals surface area contributed by atoms with Crippen LogP contribution in [0, 0.1) is 11.6 Å². The Balaban J connectivity index is 2.40. The van der Waals surface area contributed by atoms with Crippen LogP contribution in [-0.2, 0) is 0 Å². The van der Waals surface area contributed by atoms with Gasteiger partial charge in [0, 0.05) is 6.07 Å². The van der Waals surface area contributed by atoms with Gasteiger partial charge in [0.2, 0.25) is 0 Å². The zero-order chi connectivity index (χ0) is 13.3. The van der Waals surface area contributed by atoms with Crippen molar-refractivity contribution >= 4 is 44.6 Å². The van der Waals surface area contributed by atoms with Gasteiger partial charge in [-0.15, -0.1) is 0 Å². The van der Waals surface area contributed by atoms with Crippen LogP contribution in [0.15, 0.2) is 34.8 Å². The summed E-state index contributed by atoms with van der Waals surface area (Å²) in [5.74, 6) is -0.919. The van der Waals surface area contributed by atoms with E-state index in [9.17, 15) is 8.78 Å². The van der Waals surface area contributed by atoms with E-state index in [2.05, 4.69) is 21.2 Å². The molecule has 3 N–H and O–H groups in total. The Labute approximate surface area is 116 Å². The fourth-order valence-corrected chi connectivity index (χ4v) is 1.93. The molecule has 6 heteroatoms. The highest BCUT2D eigenvalue weighted by atomic mass is 79.9. The molecule has 2 aromatic carbocycles. The van der Waals surface area contributed by atoms with Gasteiger partial charge < -0.3 is 11.1 Å². The number of anilines is 3. The second-order valence-electron chi connectivity index (χ2n) is 3.60. The summed E-state index contributed by atoms with van der Waals surface area (Å²) in [7, 11) is 0. The zero-order valence-electron chi connectivity index (χ0n) is 8.98. The van der Waals surface area contributed by atoms with Crippen LogP contribution in [0.3, 0.4) is 0 Å². The van der Waals surface area contributed by atoms with Crippen molar-refractivity contribution in [2.75, 3.05) is 11.1 Å². The van der Waals surface area contributed by atoms with E-state index in [0.29, 0.717) is 22.1 Å². The first kappa shape index (κ1) is 13.1. The van der Waals surface area contributed by atoms with Crippen LogP contribution in [0.1, 0.15) is 0 Å². The quantitative estimate of drug-likeness (QED) is 0.781. The van der Waals surface area contributed by atoms with Gasteiger partial charge >= 0.3 is 0 Å². The molecule has 0 heterocycles. The Morgan fingerprint density at radius 3 is 2.56 bits per heavy atom. The molecule has 18 heavy (non-hydrogen) atoms. The van der Waals surface area contributed by atoms with E-state index in [-0.39, 0.29) is 4.47 Å². The maximum Gasteiger partial charge on any atom is 0.139 e. The second kappa shape index (κ2) is 5.12. The summed E-state index contributed by atoms with van der Waals surface area (Å²) in [6.45, 7) is 0. The number of halogens is 4. The molecule has 94 valence electrons. The fraction of sp³-hybridized carbons (Fsp3) is 0. The largest absolute Gasteiger partial charge is 0.397 e. The third-order valence-corrected chi connectivity index (χ3v) is 3.23. The van der Waals surface area contributed by atoms with Crippen molar-refractivity contribution in [1.29, 1.82) is 0 Å². The standard InChI is InChI=1S/C12H8BrClF2N2/c13-7-4-10(17)12(5-9(7)16)18-11-3-6(15)1-2-8(11)14/h1-5,18H,17H2. The fourth-order valence-electron chi connectivity index (χ4n) is 1.41. The number of nitrogen functional groups attached to an aromatic ring is 1. The lowest BCUT2D eigenvalue weighted by atomic mass is 10.2. The lowest BCUT2D eigenvalue weighted by Gasteiger charge is -2.11. The van der Waals surface area contributed by atoms with Crippen LogP contribution in [0.5, 0.6) is 0 Å². The topological polar surface area (TPSA) is 38.0 Å². The maximum atomic E-state index is 13.4. The van der Waals surface area contributed by atoms with Crippen LogP contribution < -0.4 is 11.1 Å². The van der Waals surface area contributed by atoms with E-state index in [4.69, 9.17) is 17.3 Å². The molecule has 0 bridgehead atoms. The average molecular weight is 334 g/mol. The summed E-state index contributed by atoms with van der Waals surface area (Å²) in [5, 5.41) is 3.11. The SMILES string of the molecule is Nc1cc(Br)c(F)cc1Nc1cc(F)ccc1Cl. The van der Waals surface area contributed by atoms with Gasteiger partial charge in [-0.1, -0.05) is 11.6 Å². The summed E-state index contributed by atoms with van der Waals surface area (Å²) < 4.78 is 26.7. The van der Waals surface area contributed by atoms with E-state index in [1.807, 2.05) is 0 Å². The van der Waals surface area contributed by atoms with Crippen LogP contribution in [0.2, 0.25) is 5.02 Å². The van der Waals surface area contributed by atoms with Crippen LogP contribution in [0.25, 0.3) is 0 Å². The molecule has 0 saturated heterocycles. The molecule has 0 atom stereocenters. The summed E-state index contributed by atoms with van der Waals surface area (Å²) in [4.78, 5) is 0. The molecular formula is C12H8BrClF2N2. The molecule has 0 saturated carbocycles. The summed E-state index contributed by atoms with van der Waals surface area (Å²) in [6.07, 6.45) is 0. The highest BCUT2D eigenvalue weighted by molar-refractivity contribution is 9.10. The minimum absolute atomic E-state index is 0.260. The molecule has 0 aromatic heterocycles. The molecule has 0 fully saturated rings. The summed E-state index contributed by atoms with van der Waals surface area (Å²) >= 11 is 8.92. The van der Waals surface area contributed by atoms with Gasteiger partial charge in [0.25, 0.3) is 0 Å². The minimum atomic E-state index is -0.473. The van der Waals surface area contributed by atoms with Gasteiger partial charge in [0.1, 0.15) is 11.6 Å². The minimum Gasteiger partial charge on any atom is -0.397 e. The predicted molar refractivity (Wildman–Crippen MR) is 73.2 cm³/mol. The van der Waals surface area contributed by atoms with Crippen molar-refractivity contribution in [3.8, 4) is 0 Å². The Hall–Kier alpha value is -1.33. The molecule has 0 unspecified atom stereocenters. The van der Waals surface area contributed by atoms with Gasteiger partial charge in [-0.25, -0.2) is 8.78 Å². The van der Waals surface area contributed by atoms with Gasteiger partial charge in [0.05, 0.1) is 26.6 Å². The first-order valence-corrected chi connectivity index (χ1v) is 6.11. The Morgan fingerprint density at radius 1 is 1.11 bits per heavy atom. The van der Waals surface area contributed by atoms with E-state index in [1.165, 1.54) is 30.3 Å². The van der Waals surface area contributed by atoms with E-state index in [1.54, 1.807) is 0 Å². The summed E-state index contributed by atoms with van der Waals surface area (Å²) in [6, 6.07) is 6.48. The van der Waals surface area contributed by atoms with Crippen LogP contribution >= 0.6 is 27.5 Å². The van der Waals surface area contributed by atoms with Gasteiger partial charge in [-0.2, -0.15) is 0 Å². The van der Waals surface area contributed by atoms with Crippen molar-refractivity contribution in [3.63, 3.8) is 0 Å². The van der Waals surface area contributed by atoms with Crippen LogP contribution in [-0.4, -0.2) is 0 Å². The van der Waals surface area contributed by atoms with Gasteiger partial charge in [-0.05, 0) is 40.2 Å². The summed E-state index contributed by atoms with van der Waals surface area (Å²) in [5.41, 5.74) is 6.70. The smallest absolute Gasteiger partial charge is 0.139 e. The Morgan fingerprint density at radius 2 is 1.83 bits per heavy atom. The Kier molecular flexibility index (Phi) is 3.73. The molecule has 0 aliphatic rings. The predicted octanol–water partition coefficient (Wildman–Crippen LogP) is 4.71. The van der Waals surface area contributed by atoms with Crippen molar-refractivity contribution in [1.82, 2.24) is 0 Å². The molecular weight excluding hydrogens is 325 g/mol. The third kappa shape index (κ3) is 2.73. The van der Waals surface area contributed by atoms with E-state index < -0.39 is 11.6 Å². The first-order valence-electron chi connectivity index (χ1n) is 4.94. The van der Waals surface area contributed by atoms with Crippen molar-refractivity contribution in [3.05, 3.63) is 51.5 Å². The van der Waals surface area contributed by atoms with Gasteiger partial charge in [0.15, 0.2) is 0 Å². The number of nitrogens with two attached hydrogens (primary N) is 1. The van der Waals surface area contributed by atoms with Crippen molar-refractivity contribution in [2.24, 2.45) is 0 Å². The van der Waals surface area contributed by atoms with Gasteiger partial charge in [-0.3, -0.25) is 0 Å². The molecule has 0 spiro atoms. The maximum absolute atomic E-state index is 13.4.